The number of phosphoric acid groups is 1. The summed E-state index contributed by atoms with van der Waals surface area (Å²) in [6, 6.07) is 0.899. The number of nitrogen functional groups attached to an aromatic ring is 1. The van der Waals surface area contributed by atoms with Crippen LogP contribution in [0.25, 0.3) is 11.2 Å². The molecule has 0 saturated carbocycles. The van der Waals surface area contributed by atoms with Gasteiger partial charge in [-0.1, -0.05) is 0 Å². The number of hydrogen-bond donors (Lipinski definition) is 2. The summed E-state index contributed by atoms with van der Waals surface area (Å²) in [7, 11) is -5.51. The highest BCUT2D eigenvalue weighted by Gasteiger charge is 2.54. The van der Waals surface area contributed by atoms with Crippen molar-refractivity contribution in [2.75, 3.05) is 24.9 Å². The van der Waals surface area contributed by atoms with Gasteiger partial charge < -0.3 is 38.6 Å². The van der Waals surface area contributed by atoms with Crippen LogP contribution in [0.4, 0.5) is 19.4 Å². The van der Waals surface area contributed by atoms with E-state index in [2.05, 4.69) is 15.0 Å². The summed E-state index contributed by atoms with van der Waals surface area (Å²) in [5.74, 6) is -0.797. The number of hydrogen-bond acceptors (Lipinski definition) is 19. The minimum absolute atomic E-state index is 0.00829. The van der Waals surface area contributed by atoms with E-state index in [9.17, 15) is 28.4 Å². The summed E-state index contributed by atoms with van der Waals surface area (Å²) >= 11 is 0.227. The number of nitrogens with two attached hydrogens (primary N) is 1. The van der Waals surface area contributed by atoms with Gasteiger partial charge in [-0.3, -0.25) is 32.5 Å². The summed E-state index contributed by atoms with van der Waals surface area (Å²) in [6.45, 7) is -3.74. The molecule has 0 aliphatic carbocycles. The first-order valence-electron chi connectivity index (χ1n) is 14.5. The number of anilines is 1. The van der Waals surface area contributed by atoms with Gasteiger partial charge in [0.1, 0.15) is 36.3 Å². The van der Waals surface area contributed by atoms with Gasteiger partial charge >= 0.3 is 18.6 Å². The predicted octanol–water partition coefficient (Wildman–Crippen LogP) is 1.08. The first-order valence-corrected chi connectivity index (χ1v) is 19.1. The molecule has 10 atom stereocenters. The van der Waals surface area contributed by atoms with Crippen LogP contribution in [-0.2, 0) is 46.2 Å². The highest BCUT2D eigenvalue weighted by molar-refractivity contribution is 8.55. The van der Waals surface area contributed by atoms with Crippen molar-refractivity contribution >= 4 is 49.1 Å². The molecule has 3 N–H and O–H groups in total. The summed E-state index contributed by atoms with van der Waals surface area (Å²) in [5.41, 5.74) is 4.01. The summed E-state index contributed by atoms with van der Waals surface area (Å²) < 4.78 is 103. The Morgan fingerprint density at radius 3 is 2.42 bits per heavy atom. The third kappa shape index (κ3) is 7.64. The Labute approximate surface area is 282 Å². The SMILES string of the molecule is CC(C)OC(=O)OCSP1(=O)OC[C@H]2O[C@@H](n3cnc4c(N)ncnc43)[C@H](OP(=O)([O-])OC[C@H]3O[C@@H](n4ccc(=O)[nH]c4=O)[C@H](O1)[C@@H]3F)[C@@H]2F. The lowest BCUT2D eigenvalue weighted by Gasteiger charge is -2.30. The molecule has 3 fully saturated rings. The number of alkyl halides is 2. The van der Waals surface area contributed by atoms with Gasteiger partial charge in [-0.05, 0) is 13.8 Å². The Morgan fingerprint density at radius 2 is 1.74 bits per heavy atom. The molecule has 0 amide bonds. The van der Waals surface area contributed by atoms with Crippen molar-refractivity contribution in [2.45, 2.75) is 69.2 Å². The van der Waals surface area contributed by atoms with Crippen molar-refractivity contribution in [2.24, 2.45) is 0 Å². The summed E-state index contributed by atoms with van der Waals surface area (Å²) in [6.07, 6.45) is -14.3. The van der Waals surface area contributed by atoms with Gasteiger partial charge in [0.15, 0.2) is 42.2 Å². The van der Waals surface area contributed by atoms with Crippen LogP contribution in [0.15, 0.2) is 34.5 Å². The van der Waals surface area contributed by atoms with Gasteiger partial charge in [0, 0.05) is 23.6 Å². The van der Waals surface area contributed by atoms with E-state index < -0.39 is 106 Å². The number of H-pyrrole nitrogens is 1. The highest BCUT2D eigenvalue weighted by Crippen LogP contribution is 2.64. The number of ether oxygens (including phenoxy) is 4. The van der Waals surface area contributed by atoms with Crippen molar-refractivity contribution in [1.29, 1.82) is 0 Å². The molecule has 21 nitrogen and oxygen atoms in total. The minimum atomic E-state index is -5.51. The van der Waals surface area contributed by atoms with E-state index in [1.807, 2.05) is 4.98 Å². The van der Waals surface area contributed by atoms with E-state index in [0.29, 0.717) is 4.57 Å². The van der Waals surface area contributed by atoms with Crippen LogP contribution in [0.2, 0.25) is 0 Å². The molecule has 3 aromatic heterocycles. The van der Waals surface area contributed by atoms with Crippen LogP contribution in [0, 0.1) is 0 Å². The van der Waals surface area contributed by atoms with Crippen LogP contribution in [0.1, 0.15) is 26.3 Å². The van der Waals surface area contributed by atoms with E-state index >= 15 is 8.78 Å². The van der Waals surface area contributed by atoms with Crippen molar-refractivity contribution in [3.8, 4) is 0 Å². The number of phosphoric ester groups is 1. The molecule has 3 aliphatic rings. The van der Waals surface area contributed by atoms with E-state index in [1.54, 1.807) is 13.8 Å². The van der Waals surface area contributed by atoms with Gasteiger partial charge in [-0.25, -0.2) is 37.9 Å². The zero-order valence-electron chi connectivity index (χ0n) is 25.7. The highest BCUT2D eigenvalue weighted by atomic mass is 32.7. The Hall–Kier alpha value is -3.31. The standard InChI is InChI=1S/C24H29F2N7O14P2S/c1-10(2)43-24(36)40-9-50-49(39)42-6-12-14(25)17(22(45-12)33-8-30-16-19(27)28-7-29-20(16)33)46-48(37,38)41-5-11-15(26)18(47-49)21(44-11)32-4-3-13(34)31-23(32)35/h3-4,7-8,10-12,14-15,17-18,21-22H,5-6,9H2,1-2H3,(H,37,38)(H2,27,28,29)(H,31,34,35)/p-1/t11-,12-,14-,15-,17-,18-,21-,22-,49?/m1/s1. The molecule has 2 unspecified atom stereocenters. The number of aromatic nitrogens is 6. The molecule has 3 aromatic rings. The van der Waals surface area contributed by atoms with E-state index in [4.69, 9.17) is 42.8 Å². The van der Waals surface area contributed by atoms with Crippen LogP contribution < -0.4 is 21.9 Å². The van der Waals surface area contributed by atoms with E-state index in [-0.39, 0.29) is 28.4 Å². The maximum atomic E-state index is 16.1. The zero-order chi connectivity index (χ0) is 36.0. The largest absolute Gasteiger partial charge is 0.756 e. The van der Waals surface area contributed by atoms with Crippen LogP contribution in [0.3, 0.4) is 0 Å². The molecule has 50 heavy (non-hydrogen) atoms. The van der Waals surface area contributed by atoms with Gasteiger partial charge in [-0.2, -0.15) is 0 Å². The monoisotopic (exact) mass is 770 g/mol. The zero-order valence-corrected chi connectivity index (χ0v) is 28.3. The van der Waals surface area contributed by atoms with Crippen LogP contribution in [-0.4, -0.2) is 97.2 Å². The smallest absolute Gasteiger partial charge is 0.509 e. The fourth-order valence-electron chi connectivity index (χ4n) is 5.14. The van der Waals surface area contributed by atoms with Crippen molar-refractivity contribution in [1.82, 2.24) is 29.1 Å². The second-order valence-corrected chi connectivity index (χ2v) is 16.4. The van der Waals surface area contributed by atoms with E-state index in [1.165, 1.54) is 0 Å². The number of nitrogens with one attached hydrogen (secondary N) is 1. The Balaban J connectivity index is 1.35. The predicted molar refractivity (Wildman–Crippen MR) is 161 cm³/mol. The van der Waals surface area contributed by atoms with Gasteiger partial charge in [0.25, 0.3) is 13.4 Å². The topological polar surface area (TPSA) is 273 Å². The quantitative estimate of drug-likeness (QED) is 0.201. The normalized spacial score (nSPS) is 34.8. The lowest BCUT2D eigenvalue weighted by atomic mass is 10.1. The number of imidazole rings is 1. The maximum Gasteiger partial charge on any atom is 0.509 e. The number of rotatable bonds is 6. The molecular weight excluding hydrogens is 742 g/mol. The Bertz CT molecular complexity index is 1950. The Kier molecular flexibility index (Phi) is 10.5. The number of halogens is 2. The average molecular weight is 771 g/mol. The number of fused-ring (bicyclic) bond motifs is 5. The first-order chi connectivity index (χ1) is 23.6. The van der Waals surface area contributed by atoms with E-state index in [0.717, 1.165) is 29.5 Å². The second-order valence-electron chi connectivity index (χ2n) is 11.1. The fraction of sp³-hybridized carbons (Fsp3) is 0.583. The average Bonchev–Trinajstić information content (AvgIpc) is 3.69. The lowest BCUT2D eigenvalue weighted by Crippen LogP contribution is -2.38. The summed E-state index contributed by atoms with van der Waals surface area (Å²) in [4.78, 5) is 63.2. The summed E-state index contributed by atoms with van der Waals surface area (Å²) in [5, 5.41) is 0. The van der Waals surface area contributed by atoms with Gasteiger partial charge in [-0.15, -0.1) is 0 Å². The maximum absolute atomic E-state index is 16.1. The number of carbonyl (C=O) groups excluding carboxylic acids is 1. The van der Waals surface area contributed by atoms with Crippen molar-refractivity contribution in [3.63, 3.8) is 0 Å². The molecular formula is C24H28F2N7O14P2S-. The first kappa shape index (κ1) is 36.5. The van der Waals surface area contributed by atoms with Crippen molar-refractivity contribution < 1.29 is 64.6 Å². The number of carbonyl (C=O) groups is 1. The molecule has 0 aromatic carbocycles. The van der Waals surface area contributed by atoms with Gasteiger partial charge in [0.2, 0.25) is 0 Å². The van der Waals surface area contributed by atoms with Crippen LogP contribution in [0.5, 0.6) is 0 Å². The molecule has 3 aliphatic heterocycles. The second kappa shape index (κ2) is 14.4. The molecule has 6 heterocycles. The Morgan fingerprint density at radius 1 is 1.08 bits per heavy atom. The van der Waals surface area contributed by atoms with Gasteiger partial charge in [0.05, 0.1) is 25.6 Å². The fourth-order valence-corrected chi connectivity index (χ4v) is 8.80. The molecule has 0 spiro atoms. The molecule has 6 rings (SSSR count). The van der Waals surface area contributed by atoms with Crippen molar-refractivity contribution in [3.05, 3.63) is 45.8 Å². The lowest BCUT2D eigenvalue weighted by molar-refractivity contribution is -0.236. The molecule has 4 bridgehead atoms. The third-order valence-corrected chi connectivity index (χ3v) is 11.6. The van der Waals surface area contributed by atoms with Crippen LogP contribution >= 0.6 is 26.0 Å². The molecule has 26 heteroatoms. The minimum Gasteiger partial charge on any atom is -0.756 e. The number of aromatic amines is 1. The third-order valence-electron chi connectivity index (χ3n) is 7.33. The molecule has 3 saturated heterocycles. The number of nitrogens with zero attached hydrogens (tertiary/aromatic N) is 5. The molecule has 0 radical (unpaired) electrons. The molecule has 274 valence electrons.